The topological polar surface area (TPSA) is 104 Å². The van der Waals surface area contributed by atoms with Crippen molar-refractivity contribution >= 4 is 35.1 Å². The molecule has 0 aliphatic carbocycles. The van der Waals surface area contributed by atoms with E-state index in [1.54, 1.807) is 12.1 Å². The van der Waals surface area contributed by atoms with Crippen molar-refractivity contribution in [3.05, 3.63) is 57.9 Å². The molecule has 8 heteroatoms. The number of rotatable bonds is 5. The van der Waals surface area contributed by atoms with E-state index >= 15 is 0 Å². The predicted octanol–water partition coefficient (Wildman–Crippen LogP) is 2.73. The minimum absolute atomic E-state index is 0.104. The average molecular weight is 384 g/mol. The number of hydrogen-bond donors (Lipinski definition) is 3. The minimum Gasteiger partial charge on any atom is -0.326 e. The van der Waals surface area contributed by atoms with Crippen LogP contribution < -0.4 is 16.2 Å². The van der Waals surface area contributed by atoms with Gasteiger partial charge in [-0.25, -0.2) is 4.98 Å². The molecule has 1 aromatic carbocycles. The number of fused-ring (bicyclic) bond motifs is 1. The molecule has 0 saturated carbocycles. The van der Waals surface area contributed by atoms with Crippen LogP contribution in [0, 0.1) is 13.8 Å². The van der Waals surface area contributed by atoms with Gasteiger partial charge >= 0.3 is 0 Å². The summed E-state index contributed by atoms with van der Waals surface area (Å²) in [6.07, 6.45) is 1.58. The van der Waals surface area contributed by atoms with Gasteiger partial charge in [-0.2, -0.15) is 0 Å². The molecule has 1 aliphatic heterocycles. The molecule has 0 spiro atoms. The summed E-state index contributed by atoms with van der Waals surface area (Å²) in [6, 6.07) is 5.56. The second kappa shape index (κ2) is 7.79. The number of carbonyl (C=O) groups excluding carboxylic acids is 2. The van der Waals surface area contributed by atoms with Crippen molar-refractivity contribution in [3.8, 4) is 0 Å². The Bertz CT molecular complexity index is 983. The highest BCUT2D eigenvalue weighted by Gasteiger charge is 2.34. The van der Waals surface area contributed by atoms with E-state index in [1.165, 1.54) is 11.8 Å². The molecule has 140 valence electrons. The molecular weight excluding hydrogens is 364 g/mol. The lowest BCUT2D eigenvalue weighted by Gasteiger charge is -2.23. The van der Waals surface area contributed by atoms with Gasteiger partial charge in [0, 0.05) is 17.9 Å². The predicted molar refractivity (Wildman–Crippen MR) is 106 cm³/mol. The molecule has 3 rings (SSSR count). The third-order valence-corrected chi connectivity index (χ3v) is 5.23. The molecular formula is C19H20N4O3S. The van der Waals surface area contributed by atoms with Gasteiger partial charge in [-0.3, -0.25) is 14.4 Å². The number of carbonyl (C=O) groups is 2. The fourth-order valence-electron chi connectivity index (χ4n) is 2.83. The maximum Gasteiger partial charge on any atom is 0.257 e. The Morgan fingerprint density at radius 1 is 1.37 bits per heavy atom. The highest BCUT2D eigenvalue weighted by Crippen LogP contribution is 2.30. The third kappa shape index (κ3) is 4.11. The van der Waals surface area contributed by atoms with Crippen LogP contribution in [0.2, 0.25) is 0 Å². The van der Waals surface area contributed by atoms with E-state index < -0.39 is 17.4 Å². The Hall–Kier alpha value is -2.87. The summed E-state index contributed by atoms with van der Waals surface area (Å²) < 4.78 is 0. The fourth-order valence-corrected chi connectivity index (χ4v) is 3.43. The lowest BCUT2D eigenvalue weighted by molar-refractivity contribution is -0.123. The van der Waals surface area contributed by atoms with E-state index in [9.17, 15) is 14.4 Å². The number of nitrogens with one attached hydrogen (secondary N) is 3. The smallest absolute Gasteiger partial charge is 0.257 e. The number of benzene rings is 1. The first-order valence-corrected chi connectivity index (χ1v) is 9.43. The third-order valence-electron chi connectivity index (χ3n) is 4.36. The molecule has 1 aromatic heterocycles. The van der Waals surface area contributed by atoms with E-state index in [-0.39, 0.29) is 23.7 Å². The number of aryl methyl sites for hydroxylation is 2. The first kappa shape index (κ1) is 18.9. The van der Waals surface area contributed by atoms with Gasteiger partial charge in [0.05, 0.1) is 11.5 Å². The molecule has 2 aromatic rings. The van der Waals surface area contributed by atoms with E-state index in [4.69, 9.17) is 0 Å². The highest BCUT2D eigenvalue weighted by molar-refractivity contribution is 7.99. The van der Waals surface area contributed by atoms with Gasteiger partial charge in [-0.15, -0.1) is 6.58 Å². The number of nitrogens with zero attached hydrogens (tertiary/aromatic N) is 1. The SMILES string of the molecule is C=CCSc1nc2c(c(=O)[nH]1)C(C(=O)Nc1ccc(C)c(C)c1)CC(=O)N2. The van der Waals surface area contributed by atoms with Gasteiger partial charge < -0.3 is 15.6 Å². The number of H-pyrrole nitrogens is 1. The summed E-state index contributed by atoms with van der Waals surface area (Å²) in [7, 11) is 0. The van der Waals surface area contributed by atoms with Crippen molar-refractivity contribution in [1.82, 2.24) is 9.97 Å². The highest BCUT2D eigenvalue weighted by atomic mass is 32.2. The normalized spacial score (nSPS) is 15.6. The van der Waals surface area contributed by atoms with Crippen molar-refractivity contribution in [2.24, 2.45) is 0 Å². The van der Waals surface area contributed by atoms with E-state index in [2.05, 4.69) is 27.2 Å². The molecule has 2 amide bonds. The average Bonchev–Trinajstić information content (AvgIpc) is 2.62. The second-order valence-electron chi connectivity index (χ2n) is 6.33. The Morgan fingerprint density at radius 3 is 2.85 bits per heavy atom. The first-order chi connectivity index (χ1) is 12.9. The minimum atomic E-state index is -0.898. The Labute approximate surface area is 160 Å². The van der Waals surface area contributed by atoms with Crippen LogP contribution in [0.1, 0.15) is 29.0 Å². The van der Waals surface area contributed by atoms with Crippen molar-refractivity contribution in [3.63, 3.8) is 0 Å². The molecule has 0 radical (unpaired) electrons. The number of thioether (sulfide) groups is 1. The lowest BCUT2D eigenvalue weighted by Crippen LogP contribution is -2.36. The van der Waals surface area contributed by atoms with E-state index in [0.717, 1.165) is 11.1 Å². The Morgan fingerprint density at radius 2 is 2.15 bits per heavy atom. The fraction of sp³-hybridized carbons (Fsp3) is 0.263. The largest absolute Gasteiger partial charge is 0.326 e. The van der Waals surface area contributed by atoms with Gasteiger partial charge in [0.1, 0.15) is 5.82 Å². The molecule has 27 heavy (non-hydrogen) atoms. The summed E-state index contributed by atoms with van der Waals surface area (Å²) in [5.74, 6) is -0.952. The molecule has 0 saturated heterocycles. The van der Waals surface area contributed by atoms with Crippen LogP contribution >= 0.6 is 11.8 Å². The summed E-state index contributed by atoms with van der Waals surface area (Å²) >= 11 is 1.29. The van der Waals surface area contributed by atoms with Crippen molar-refractivity contribution in [2.45, 2.75) is 31.3 Å². The summed E-state index contributed by atoms with van der Waals surface area (Å²) in [5.41, 5.74) is 2.53. The molecule has 0 bridgehead atoms. The van der Waals surface area contributed by atoms with Gasteiger partial charge in [0.25, 0.3) is 5.56 Å². The van der Waals surface area contributed by atoms with Crippen molar-refractivity contribution in [2.75, 3.05) is 16.4 Å². The molecule has 1 aliphatic rings. The van der Waals surface area contributed by atoms with Gasteiger partial charge in [0.15, 0.2) is 5.16 Å². The van der Waals surface area contributed by atoms with Crippen LogP contribution in [0.3, 0.4) is 0 Å². The second-order valence-corrected chi connectivity index (χ2v) is 7.33. The Kier molecular flexibility index (Phi) is 5.46. The summed E-state index contributed by atoms with van der Waals surface area (Å²) in [6.45, 7) is 7.55. The monoisotopic (exact) mass is 384 g/mol. The number of aromatic amines is 1. The van der Waals surface area contributed by atoms with Crippen molar-refractivity contribution < 1.29 is 9.59 Å². The molecule has 1 unspecified atom stereocenters. The number of amides is 2. The molecule has 0 fully saturated rings. The number of aromatic nitrogens is 2. The number of anilines is 2. The van der Waals surface area contributed by atoms with Crippen LogP contribution in [-0.4, -0.2) is 27.5 Å². The molecule has 1 atom stereocenters. The summed E-state index contributed by atoms with van der Waals surface area (Å²) in [4.78, 5) is 44.4. The Balaban J connectivity index is 1.91. The number of hydrogen-bond acceptors (Lipinski definition) is 5. The van der Waals surface area contributed by atoms with Crippen LogP contribution in [0.4, 0.5) is 11.5 Å². The van der Waals surface area contributed by atoms with Gasteiger partial charge in [-0.1, -0.05) is 23.9 Å². The molecule has 2 heterocycles. The van der Waals surface area contributed by atoms with Crippen LogP contribution in [0.15, 0.2) is 40.8 Å². The molecule has 3 N–H and O–H groups in total. The quantitative estimate of drug-likeness (QED) is 0.418. The van der Waals surface area contributed by atoms with Gasteiger partial charge in [-0.05, 0) is 37.1 Å². The van der Waals surface area contributed by atoms with Crippen molar-refractivity contribution in [1.29, 1.82) is 0 Å². The standard InChI is InChI=1S/C19H20N4O3S/c1-4-7-27-19-22-16-15(18(26)23-19)13(9-14(24)21-16)17(25)20-12-6-5-10(2)11(3)8-12/h4-6,8,13H,1,7,9H2,2-3H3,(H,20,25)(H2,21,22,23,24,26). The maximum absolute atomic E-state index is 12.8. The first-order valence-electron chi connectivity index (χ1n) is 8.45. The summed E-state index contributed by atoms with van der Waals surface area (Å²) in [5, 5.41) is 5.76. The van der Waals surface area contributed by atoms with E-state index in [0.29, 0.717) is 16.6 Å². The van der Waals surface area contributed by atoms with Crippen LogP contribution in [0.25, 0.3) is 0 Å². The molecule has 7 nitrogen and oxygen atoms in total. The van der Waals surface area contributed by atoms with Crippen LogP contribution in [0.5, 0.6) is 0 Å². The zero-order valence-electron chi connectivity index (χ0n) is 15.1. The van der Waals surface area contributed by atoms with Crippen LogP contribution in [-0.2, 0) is 9.59 Å². The lowest BCUT2D eigenvalue weighted by atomic mass is 9.92. The van der Waals surface area contributed by atoms with E-state index in [1.807, 2.05) is 26.0 Å². The maximum atomic E-state index is 12.8. The van der Waals surface area contributed by atoms with Gasteiger partial charge in [0.2, 0.25) is 11.8 Å². The zero-order valence-corrected chi connectivity index (χ0v) is 15.9. The zero-order chi connectivity index (χ0) is 19.6.